The first-order chi connectivity index (χ1) is 15.0. The van der Waals surface area contributed by atoms with E-state index < -0.39 is 17.9 Å². The summed E-state index contributed by atoms with van der Waals surface area (Å²) in [6, 6.07) is 16.2. The Kier molecular flexibility index (Phi) is 5.43. The van der Waals surface area contributed by atoms with Gasteiger partial charge in [0.2, 0.25) is 5.88 Å². The number of nitrogens with zero attached hydrogens (tertiary/aromatic N) is 5. The highest BCUT2D eigenvalue weighted by Gasteiger charge is 2.22. The number of carbonyl (C=O) groups is 2. The zero-order valence-electron chi connectivity index (χ0n) is 16.2. The van der Waals surface area contributed by atoms with E-state index in [1.54, 1.807) is 59.5 Å². The molecule has 0 aliphatic heterocycles. The molecule has 1 unspecified atom stereocenters. The molecule has 4 aromatic rings. The van der Waals surface area contributed by atoms with Crippen LogP contribution in [-0.4, -0.2) is 46.6 Å². The number of aromatic hydroxyl groups is 1. The van der Waals surface area contributed by atoms with Crippen LogP contribution in [0.25, 0.3) is 11.4 Å². The smallest absolute Gasteiger partial charge is 0.305 e. The summed E-state index contributed by atoms with van der Waals surface area (Å²) < 4.78 is 2.79. The molecule has 2 aromatic carbocycles. The Morgan fingerprint density at radius 1 is 1.03 bits per heavy atom. The van der Waals surface area contributed by atoms with Crippen molar-refractivity contribution in [2.24, 2.45) is 0 Å². The third-order valence-electron chi connectivity index (χ3n) is 4.59. The largest absolute Gasteiger partial charge is 0.493 e. The predicted octanol–water partition coefficient (Wildman–Crippen LogP) is 2.10. The van der Waals surface area contributed by atoms with Crippen molar-refractivity contribution in [3.63, 3.8) is 0 Å². The Morgan fingerprint density at radius 2 is 1.77 bits per heavy atom. The second-order valence-corrected chi connectivity index (χ2v) is 6.69. The molecule has 2 heterocycles. The Hall–Kier alpha value is -4.47. The van der Waals surface area contributed by atoms with Crippen molar-refractivity contribution in [2.75, 3.05) is 0 Å². The van der Waals surface area contributed by atoms with Crippen LogP contribution in [0.3, 0.4) is 0 Å². The van der Waals surface area contributed by atoms with Crippen LogP contribution >= 0.6 is 0 Å². The first-order valence-corrected chi connectivity index (χ1v) is 9.33. The van der Waals surface area contributed by atoms with Gasteiger partial charge in [-0.3, -0.25) is 9.59 Å². The molecule has 0 aliphatic rings. The molecule has 10 nitrogen and oxygen atoms in total. The first-order valence-electron chi connectivity index (χ1n) is 9.33. The number of hydrogen-bond donors (Lipinski definition) is 3. The number of carboxylic acid groups (broad SMARTS) is 1. The molecule has 0 aliphatic carbocycles. The zero-order chi connectivity index (χ0) is 21.8. The van der Waals surface area contributed by atoms with Gasteiger partial charge in [-0.2, -0.15) is 10.2 Å². The van der Waals surface area contributed by atoms with Crippen molar-refractivity contribution in [1.29, 1.82) is 0 Å². The van der Waals surface area contributed by atoms with E-state index in [0.717, 1.165) is 5.69 Å². The van der Waals surface area contributed by atoms with Gasteiger partial charge in [0.05, 0.1) is 23.8 Å². The lowest BCUT2D eigenvalue weighted by Crippen LogP contribution is -2.30. The SMILES string of the molecule is O=C(O)CC(NC(=O)c1cc(O)n(-c2ccccc2)n1)c1ccc(-n2cncn2)cc1. The lowest BCUT2D eigenvalue weighted by atomic mass is 10.0. The number of aliphatic carboxylic acids is 1. The summed E-state index contributed by atoms with van der Waals surface area (Å²) in [7, 11) is 0. The van der Waals surface area contributed by atoms with E-state index in [1.807, 2.05) is 6.07 Å². The van der Waals surface area contributed by atoms with Crippen molar-refractivity contribution in [1.82, 2.24) is 29.9 Å². The van der Waals surface area contributed by atoms with Crippen LogP contribution in [0.5, 0.6) is 5.88 Å². The van der Waals surface area contributed by atoms with Gasteiger partial charge in [0.1, 0.15) is 12.7 Å². The topological polar surface area (TPSA) is 135 Å². The number of hydrogen-bond acceptors (Lipinski definition) is 6. The minimum absolute atomic E-state index is 0.0315. The van der Waals surface area contributed by atoms with Crippen LogP contribution in [0.2, 0.25) is 0 Å². The van der Waals surface area contributed by atoms with E-state index in [4.69, 9.17) is 0 Å². The maximum Gasteiger partial charge on any atom is 0.305 e. The zero-order valence-corrected chi connectivity index (χ0v) is 16.2. The van der Waals surface area contributed by atoms with Crippen LogP contribution in [0.15, 0.2) is 73.3 Å². The highest BCUT2D eigenvalue weighted by molar-refractivity contribution is 5.93. The standard InChI is InChI=1S/C21H18N6O4/c28-19-10-18(25-27(19)16-4-2-1-3-5-16)21(31)24-17(11-20(29)30)14-6-8-15(9-7-14)26-13-22-12-23-26/h1-10,12-13,17,28H,11H2,(H,24,31)(H,29,30). The highest BCUT2D eigenvalue weighted by Crippen LogP contribution is 2.21. The van der Waals surface area contributed by atoms with E-state index in [2.05, 4.69) is 20.5 Å². The van der Waals surface area contributed by atoms with Gasteiger partial charge in [-0.15, -0.1) is 0 Å². The molecule has 1 atom stereocenters. The summed E-state index contributed by atoms with van der Waals surface area (Å²) in [5.41, 5.74) is 1.90. The van der Waals surface area contributed by atoms with E-state index in [1.165, 1.54) is 17.1 Å². The molecule has 0 fully saturated rings. The van der Waals surface area contributed by atoms with E-state index in [-0.39, 0.29) is 18.0 Å². The normalized spacial score (nSPS) is 11.7. The maximum atomic E-state index is 12.7. The van der Waals surface area contributed by atoms with Crippen molar-refractivity contribution in [2.45, 2.75) is 12.5 Å². The molecule has 4 rings (SSSR count). The summed E-state index contributed by atoms with van der Waals surface area (Å²) in [6.07, 6.45) is 2.63. The molecular formula is C21H18N6O4. The number of nitrogens with one attached hydrogen (secondary N) is 1. The van der Waals surface area contributed by atoms with Gasteiger partial charge in [0.25, 0.3) is 5.91 Å². The number of aromatic nitrogens is 5. The Bertz CT molecular complexity index is 1190. The third kappa shape index (κ3) is 4.42. The maximum absolute atomic E-state index is 12.7. The average Bonchev–Trinajstić information content (AvgIpc) is 3.44. The molecule has 156 valence electrons. The minimum atomic E-state index is -1.07. The molecule has 3 N–H and O–H groups in total. The molecule has 0 saturated heterocycles. The fourth-order valence-electron chi connectivity index (χ4n) is 3.10. The van der Waals surface area contributed by atoms with Gasteiger partial charge in [-0.25, -0.2) is 14.3 Å². The number of para-hydroxylation sites is 1. The number of amides is 1. The number of benzene rings is 2. The van der Waals surface area contributed by atoms with Gasteiger partial charge in [-0.05, 0) is 29.8 Å². The molecule has 10 heteroatoms. The lowest BCUT2D eigenvalue weighted by Gasteiger charge is -2.17. The number of carbonyl (C=O) groups excluding carboxylic acids is 1. The van der Waals surface area contributed by atoms with E-state index in [0.29, 0.717) is 11.3 Å². The fraction of sp³-hybridized carbons (Fsp3) is 0.0952. The Labute approximate surface area is 176 Å². The van der Waals surface area contributed by atoms with Crippen molar-refractivity contribution in [3.8, 4) is 17.3 Å². The molecule has 0 spiro atoms. The summed E-state index contributed by atoms with van der Waals surface area (Å²) in [5.74, 6) is -1.87. The monoisotopic (exact) mass is 418 g/mol. The molecular weight excluding hydrogens is 400 g/mol. The predicted molar refractivity (Wildman–Crippen MR) is 109 cm³/mol. The fourth-order valence-corrected chi connectivity index (χ4v) is 3.10. The molecule has 1 amide bonds. The van der Waals surface area contributed by atoms with Crippen LogP contribution in [0.1, 0.15) is 28.5 Å². The molecule has 0 bridgehead atoms. The number of carboxylic acids is 1. The Balaban J connectivity index is 1.55. The second kappa shape index (κ2) is 8.49. The van der Waals surface area contributed by atoms with Gasteiger partial charge in [0.15, 0.2) is 5.69 Å². The number of rotatable bonds is 7. The van der Waals surface area contributed by atoms with Gasteiger partial charge in [0, 0.05) is 6.07 Å². The van der Waals surface area contributed by atoms with Crippen LogP contribution in [0, 0.1) is 0 Å². The van der Waals surface area contributed by atoms with Gasteiger partial charge in [-0.1, -0.05) is 30.3 Å². The quantitative estimate of drug-likeness (QED) is 0.418. The van der Waals surface area contributed by atoms with Crippen molar-refractivity contribution >= 4 is 11.9 Å². The van der Waals surface area contributed by atoms with Gasteiger partial charge < -0.3 is 15.5 Å². The van der Waals surface area contributed by atoms with Crippen molar-refractivity contribution < 1.29 is 19.8 Å². The summed E-state index contributed by atoms with van der Waals surface area (Å²) in [4.78, 5) is 28.0. The summed E-state index contributed by atoms with van der Waals surface area (Å²) in [5, 5.41) is 30.3. The molecule has 2 aromatic heterocycles. The minimum Gasteiger partial charge on any atom is -0.493 e. The lowest BCUT2D eigenvalue weighted by molar-refractivity contribution is -0.137. The average molecular weight is 418 g/mol. The second-order valence-electron chi connectivity index (χ2n) is 6.69. The van der Waals surface area contributed by atoms with E-state index >= 15 is 0 Å². The summed E-state index contributed by atoms with van der Waals surface area (Å²) in [6.45, 7) is 0. The molecule has 0 saturated carbocycles. The third-order valence-corrected chi connectivity index (χ3v) is 4.59. The van der Waals surface area contributed by atoms with Crippen molar-refractivity contribution in [3.05, 3.63) is 84.6 Å². The van der Waals surface area contributed by atoms with Gasteiger partial charge >= 0.3 is 5.97 Å². The van der Waals surface area contributed by atoms with Crippen LogP contribution in [-0.2, 0) is 4.79 Å². The molecule has 31 heavy (non-hydrogen) atoms. The van der Waals surface area contributed by atoms with Crippen LogP contribution in [0.4, 0.5) is 0 Å². The van der Waals surface area contributed by atoms with Crippen LogP contribution < -0.4 is 5.32 Å². The first kappa shape index (κ1) is 19.8. The molecule has 0 radical (unpaired) electrons. The van der Waals surface area contributed by atoms with E-state index in [9.17, 15) is 19.8 Å². The Morgan fingerprint density at radius 3 is 2.42 bits per heavy atom. The summed E-state index contributed by atoms with van der Waals surface area (Å²) >= 11 is 0. The highest BCUT2D eigenvalue weighted by atomic mass is 16.4.